The third-order valence-corrected chi connectivity index (χ3v) is 4.73. The molecule has 3 N–H and O–H groups in total. The average Bonchev–Trinajstić information content (AvgIpc) is 3.12. The van der Waals surface area contributed by atoms with Crippen molar-refractivity contribution < 1.29 is 4.79 Å². The van der Waals surface area contributed by atoms with Crippen LogP contribution in [-0.4, -0.2) is 55.5 Å². The minimum absolute atomic E-state index is 0.0328. The van der Waals surface area contributed by atoms with E-state index in [-0.39, 0.29) is 5.91 Å². The Morgan fingerprint density at radius 1 is 1.12 bits per heavy atom. The van der Waals surface area contributed by atoms with E-state index < -0.39 is 0 Å². The van der Waals surface area contributed by atoms with Crippen molar-refractivity contribution >= 4 is 11.9 Å². The standard InChI is InChI=1S/C20H33N5O/c1-4-21-19(26)17-11-9-16(10-12-17)14-23-20(22-5-2)24-15-18-8-7-13-25(18)6-3/h9-12,18H,4-8,13-15H2,1-3H3,(H,21,26)(H2,22,23,24). The first-order valence-electron chi connectivity index (χ1n) is 9.81. The molecular weight excluding hydrogens is 326 g/mol. The van der Waals surface area contributed by atoms with Gasteiger partial charge in [0.15, 0.2) is 5.96 Å². The van der Waals surface area contributed by atoms with Crippen molar-refractivity contribution in [2.75, 3.05) is 32.7 Å². The van der Waals surface area contributed by atoms with Gasteiger partial charge in [0.05, 0.1) is 6.54 Å². The van der Waals surface area contributed by atoms with Crippen LogP contribution in [0.15, 0.2) is 29.3 Å². The van der Waals surface area contributed by atoms with Crippen molar-refractivity contribution in [1.82, 2.24) is 20.9 Å². The van der Waals surface area contributed by atoms with E-state index in [1.807, 2.05) is 31.2 Å². The maximum atomic E-state index is 11.8. The molecule has 1 unspecified atom stereocenters. The maximum Gasteiger partial charge on any atom is 0.251 e. The fraction of sp³-hybridized carbons (Fsp3) is 0.600. The number of rotatable bonds is 8. The summed E-state index contributed by atoms with van der Waals surface area (Å²) in [5.41, 5.74) is 1.77. The molecule has 0 aromatic heterocycles. The molecule has 1 aliphatic heterocycles. The zero-order valence-corrected chi connectivity index (χ0v) is 16.3. The largest absolute Gasteiger partial charge is 0.357 e. The summed E-state index contributed by atoms with van der Waals surface area (Å²) in [5.74, 6) is 0.817. The van der Waals surface area contributed by atoms with Crippen LogP contribution in [0, 0.1) is 0 Å². The minimum Gasteiger partial charge on any atom is -0.357 e. The summed E-state index contributed by atoms with van der Waals surface area (Å²) in [6.07, 6.45) is 2.54. The number of likely N-dealkylation sites (tertiary alicyclic amines) is 1. The van der Waals surface area contributed by atoms with Gasteiger partial charge in [0.2, 0.25) is 0 Å². The summed E-state index contributed by atoms with van der Waals surface area (Å²) in [6, 6.07) is 8.24. The van der Waals surface area contributed by atoms with Crippen LogP contribution in [0.1, 0.15) is 49.5 Å². The summed E-state index contributed by atoms with van der Waals surface area (Å²) in [4.78, 5) is 19.0. The monoisotopic (exact) mass is 359 g/mol. The molecule has 26 heavy (non-hydrogen) atoms. The summed E-state index contributed by atoms with van der Waals surface area (Å²) in [5, 5.41) is 9.60. The van der Waals surface area contributed by atoms with Crippen LogP contribution in [0.5, 0.6) is 0 Å². The van der Waals surface area contributed by atoms with E-state index in [1.165, 1.54) is 19.4 Å². The zero-order chi connectivity index (χ0) is 18.8. The molecule has 1 aliphatic rings. The number of guanidine groups is 1. The highest BCUT2D eigenvalue weighted by molar-refractivity contribution is 5.94. The molecule has 0 bridgehead atoms. The van der Waals surface area contributed by atoms with Crippen LogP contribution >= 0.6 is 0 Å². The number of nitrogens with zero attached hydrogens (tertiary/aromatic N) is 2. The van der Waals surface area contributed by atoms with E-state index >= 15 is 0 Å². The highest BCUT2D eigenvalue weighted by Gasteiger charge is 2.22. The molecule has 1 heterocycles. The molecule has 6 heteroatoms. The molecule has 1 fully saturated rings. The SMILES string of the molecule is CCNC(=O)c1ccc(CN=C(NCC)NCC2CCCN2CC)cc1. The summed E-state index contributed by atoms with van der Waals surface area (Å²) in [7, 11) is 0. The molecule has 1 atom stereocenters. The van der Waals surface area contributed by atoms with Gasteiger partial charge < -0.3 is 16.0 Å². The summed E-state index contributed by atoms with van der Waals surface area (Å²) >= 11 is 0. The average molecular weight is 360 g/mol. The van der Waals surface area contributed by atoms with E-state index in [4.69, 9.17) is 0 Å². The smallest absolute Gasteiger partial charge is 0.251 e. The Bertz CT molecular complexity index is 584. The van der Waals surface area contributed by atoms with Gasteiger partial charge in [0.1, 0.15) is 0 Å². The number of carbonyl (C=O) groups excluding carboxylic acids is 1. The van der Waals surface area contributed by atoms with E-state index in [9.17, 15) is 4.79 Å². The zero-order valence-electron chi connectivity index (χ0n) is 16.3. The number of carbonyl (C=O) groups is 1. The molecule has 144 valence electrons. The second-order valence-corrected chi connectivity index (χ2v) is 6.56. The lowest BCUT2D eigenvalue weighted by atomic mass is 10.1. The van der Waals surface area contributed by atoms with E-state index in [0.717, 1.165) is 31.2 Å². The van der Waals surface area contributed by atoms with Gasteiger partial charge in [0, 0.05) is 31.2 Å². The first kappa shape index (κ1) is 20.2. The molecule has 0 aliphatic carbocycles. The molecule has 1 saturated heterocycles. The lowest BCUT2D eigenvalue weighted by molar-refractivity contribution is 0.0956. The van der Waals surface area contributed by atoms with Gasteiger partial charge in [-0.3, -0.25) is 9.69 Å². The molecule has 1 aromatic rings. The van der Waals surface area contributed by atoms with Crippen molar-refractivity contribution in [2.45, 2.75) is 46.2 Å². The quantitative estimate of drug-likeness (QED) is 0.490. The molecule has 0 spiro atoms. The Balaban J connectivity index is 1.90. The van der Waals surface area contributed by atoms with Crippen molar-refractivity contribution in [3.63, 3.8) is 0 Å². The van der Waals surface area contributed by atoms with Gasteiger partial charge in [0.25, 0.3) is 5.91 Å². The lowest BCUT2D eigenvalue weighted by Crippen LogP contribution is -2.44. The van der Waals surface area contributed by atoms with Crippen molar-refractivity contribution in [1.29, 1.82) is 0 Å². The molecule has 6 nitrogen and oxygen atoms in total. The Hall–Kier alpha value is -2.08. The van der Waals surface area contributed by atoms with Crippen LogP contribution in [0.25, 0.3) is 0 Å². The molecule has 2 rings (SSSR count). The predicted molar refractivity (Wildman–Crippen MR) is 108 cm³/mol. The lowest BCUT2D eigenvalue weighted by Gasteiger charge is -2.24. The van der Waals surface area contributed by atoms with E-state index in [0.29, 0.717) is 24.7 Å². The third kappa shape index (κ3) is 6.02. The highest BCUT2D eigenvalue weighted by atomic mass is 16.1. The number of benzene rings is 1. The van der Waals surface area contributed by atoms with Crippen LogP contribution in [0.3, 0.4) is 0 Å². The first-order chi connectivity index (χ1) is 12.7. The molecular formula is C20H33N5O. The number of likely N-dealkylation sites (N-methyl/N-ethyl adjacent to an activating group) is 1. The Morgan fingerprint density at radius 3 is 2.50 bits per heavy atom. The fourth-order valence-electron chi connectivity index (χ4n) is 3.29. The van der Waals surface area contributed by atoms with Gasteiger partial charge in [-0.25, -0.2) is 4.99 Å². The number of aliphatic imine (C=N–C) groups is 1. The van der Waals surface area contributed by atoms with Gasteiger partial charge in [-0.1, -0.05) is 19.1 Å². The van der Waals surface area contributed by atoms with E-state index in [2.05, 4.69) is 39.7 Å². The fourth-order valence-corrected chi connectivity index (χ4v) is 3.29. The summed E-state index contributed by atoms with van der Waals surface area (Å²) < 4.78 is 0. The number of nitrogens with one attached hydrogen (secondary N) is 3. The summed E-state index contributed by atoms with van der Waals surface area (Å²) in [6.45, 7) is 11.5. The van der Waals surface area contributed by atoms with Crippen molar-refractivity contribution in [3.8, 4) is 0 Å². The number of hydrogen-bond donors (Lipinski definition) is 3. The molecule has 1 amide bonds. The second kappa shape index (κ2) is 10.8. The van der Waals surface area contributed by atoms with Crippen LogP contribution in [-0.2, 0) is 6.54 Å². The Labute approximate surface area is 157 Å². The van der Waals surface area contributed by atoms with Gasteiger partial charge in [-0.05, 0) is 57.5 Å². The van der Waals surface area contributed by atoms with Crippen LogP contribution in [0.2, 0.25) is 0 Å². The molecule has 0 radical (unpaired) electrons. The Morgan fingerprint density at radius 2 is 1.85 bits per heavy atom. The van der Waals surface area contributed by atoms with Crippen molar-refractivity contribution in [2.24, 2.45) is 4.99 Å². The topological polar surface area (TPSA) is 68.8 Å². The van der Waals surface area contributed by atoms with Gasteiger partial charge >= 0.3 is 0 Å². The molecule has 1 aromatic carbocycles. The maximum absolute atomic E-state index is 11.8. The first-order valence-corrected chi connectivity index (χ1v) is 9.81. The predicted octanol–water partition coefficient (Wildman–Crippen LogP) is 1.98. The van der Waals surface area contributed by atoms with Crippen LogP contribution in [0.4, 0.5) is 0 Å². The third-order valence-electron chi connectivity index (χ3n) is 4.73. The second-order valence-electron chi connectivity index (χ2n) is 6.56. The Kier molecular flexibility index (Phi) is 8.41. The van der Waals surface area contributed by atoms with Crippen LogP contribution < -0.4 is 16.0 Å². The van der Waals surface area contributed by atoms with Gasteiger partial charge in [-0.15, -0.1) is 0 Å². The number of amides is 1. The minimum atomic E-state index is -0.0328. The van der Waals surface area contributed by atoms with E-state index in [1.54, 1.807) is 0 Å². The molecule has 0 saturated carbocycles. The highest BCUT2D eigenvalue weighted by Crippen LogP contribution is 2.15. The normalized spacial score (nSPS) is 18.0. The van der Waals surface area contributed by atoms with Gasteiger partial charge in [-0.2, -0.15) is 0 Å². The van der Waals surface area contributed by atoms with Crippen molar-refractivity contribution in [3.05, 3.63) is 35.4 Å². The number of hydrogen-bond acceptors (Lipinski definition) is 3.